The number of allylic oxidation sites excluding steroid dienone is 2. The summed E-state index contributed by atoms with van der Waals surface area (Å²) in [5, 5.41) is 0. The molecule has 2 aliphatic carbocycles. The molecule has 0 saturated carbocycles. The molecule has 0 heterocycles. The molecule has 4 aromatic rings. The number of halogens is 2. The number of fused-ring (bicyclic) bond motifs is 2. The SMILES string of the molecule is Cc1cc(C)c(C)c(-c2cccc3c2C=C(C(C)(C)C)[CH]3[Zr]([Cl])([Cl])([CH]2C(C(C)(C)C)=Cc3c(-c4cc(C)cc(C)c4C)cccc32)[SiH](C)C)c1. The minimum atomic E-state index is -5.04. The topological polar surface area (TPSA) is 0 Å². The third-order valence-corrected chi connectivity index (χ3v) is 63.8. The average Bonchev–Trinajstić information content (AvgIpc) is 3.62. The first kappa shape index (κ1) is 37.8. The number of aryl methyl sites for hydroxylation is 4. The van der Waals surface area contributed by atoms with Crippen LogP contribution in [0.1, 0.15) is 104 Å². The molecule has 0 fully saturated rings. The van der Waals surface area contributed by atoms with Gasteiger partial charge in [-0.2, -0.15) is 0 Å². The van der Waals surface area contributed by atoms with Crippen molar-refractivity contribution >= 4 is 35.1 Å². The maximum absolute atomic E-state index is 8.91. The number of benzene rings is 4. The van der Waals surface area contributed by atoms with Crippen LogP contribution in [0.25, 0.3) is 34.4 Å². The molecule has 0 N–H and O–H groups in total. The fourth-order valence-electron chi connectivity index (χ4n) is 9.23. The summed E-state index contributed by atoms with van der Waals surface area (Å²) in [5.74, 6) is -1.73. The summed E-state index contributed by atoms with van der Waals surface area (Å²) in [6.07, 6.45) is 5.04. The van der Waals surface area contributed by atoms with Crippen LogP contribution in [0.4, 0.5) is 0 Å². The van der Waals surface area contributed by atoms with Gasteiger partial charge in [-0.1, -0.05) is 0 Å². The Morgan fingerprint density at radius 2 is 0.900 bits per heavy atom. The Hall–Kier alpha value is -1.96. The monoisotopic (exact) mass is 797 g/mol. The first-order valence-electron chi connectivity index (χ1n) is 18.5. The van der Waals surface area contributed by atoms with E-state index < -0.39 is 21.5 Å². The van der Waals surface area contributed by atoms with Crippen molar-refractivity contribution in [2.75, 3.05) is 0 Å². The molecule has 0 saturated heterocycles. The molecule has 263 valence electrons. The Kier molecular flexibility index (Phi) is 9.50. The van der Waals surface area contributed by atoms with E-state index in [2.05, 4.69) is 169 Å². The van der Waals surface area contributed by atoms with Gasteiger partial charge in [0.2, 0.25) is 0 Å². The standard InChI is InChI=1S/2C22H25.C2H7Si.2ClH.Zr/c2*1-14-10-15(2)16(3)20(11-14)19-9-7-8-17-12-18(13-21(17)19)22(4,5)6;1-3-2;;;/h2*7-13H,1-6H3;3H,1-2H3;2*1H;/q;;;;;+2/p-2. The van der Waals surface area contributed by atoms with Gasteiger partial charge in [-0.3, -0.25) is 0 Å². The third-order valence-electron chi connectivity index (χ3n) is 12.3. The van der Waals surface area contributed by atoms with Crippen LogP contribution in [-0.4, -0.2) is 5.92 Å². The second-order valence-electron chi connectivity index (χ2n) is 18.1. The van der Waals surface area contributed by atoms with Crippen LogP contribution >= 0.6 is 17.0 Å². The molecule has 4 aromatic carbocycles. The molecule has 6 rings (SSSR count). The van der Waals surface area contributed by atoms with E-state index in [4.69, 9.17) is 17.0 Å². The second-order valence-corrected chi connectivity index (χ2v) is 60.6. The fraction of sp³-hybridized carbons (Fsp3) is 0.391. The van der Waals surface area contributed by atoms with E-state index in [9.17, 15) is 0 Å². The van der Waals surface area contributed by atoms with E-state index in [1.165, 1.54) is 89.0 Å². The molecule has 0 amide bonds. The molecule has 2 aliphatic rings. The molecule has 0 aromatic heterocycles. The third kappa shape index (κ3) is 5.88. The summed E-state index contributed by atoms with van der Waals surface area (Å²) in [4.78, 5) is 0. The van der Waals surface area contributed by atoms with Crippen molar-refractivity contribution in [1.82, 2.24) is 0 Å². The van der Waals surface area contributed by atoms with Crippen molar-refractivity contribution in [3.8, 4) is 22.3 Å². The van der Waals surface area contributed by atoms with Gasteiger partial charge < -0.3 is 0 Å². The Morgan fingerprint density at radius 3 is 1.22 bits per heavy atom. The zero-order chi connectivity index (χ0) is 36.9. The predicted molar refractivity (Wildman–Crippen MR) is 223 cm³/mol. The van der Waals surface area contributed by atoms with Gasteiger partial charge in [0.1, 0.15) is 0 Å². The van der Waals surface area contributed by atoms with E-state index in [1.54, 1.807) is 0 Å². The van der Waals surface area contributed by atoms with Crippen LogP contribution < -0.4 is 0 Å². The molecule has 4 heteroatoms. The Balaban J connectivity index is 1.69. The molecule has 2 unspecified atom stereocenters. The van der Waals surface area contributed by atoms with Crippen LogP contribution in [0.15, 0.2) is 71.8 Å². The Morgan fingerprint density at radius 1 is 0.540 bits per heavy atom. The van der Waals surface area contributed by atoms with Gasteiger partial charge in [0.05, 0.1) is 0 Å². The predicted octanol–water partition coefficient (Wildman–Crippen LogP) is 14.5. The fourth-order valence-corrected chi connectivity index (χ4v) is 40.6. The van der Waals surface area contributed by atoms with Crippen LogP contribution in [0.2, 0.25) is 13.1 Å². The van der Waals surface area contributed by atoms with Crippen LogP contribution in [0.3, 0.4) is 0 Å². The normalized spacial score (nSPS) is 18.5. The molecule has 0 nitrogen and oxygen atoms in total. The summed E-state index contributed by atoms with van der Waals surface area (Å²) in [5.41, 5.74) is 21.2. The molecule has 0 radical (unpaired) electrons. The van der Waals surface area contributed by atoms with Gasteiger partial charge >= 0.3 is 315 Å². The van der Waals surface area contributed by atoms with E-state index in [0.29, 0.717) is 0 Å². The average molecular weight is 800 g/mol. The Labute approximate surface area is 312 Å². The number of rotatable bonds is 5. The molecular formula is C46H57Cl2SiZr. The zero-order valence-electron chi connectivity index (χ0n) is 32.9. The van der Waals surface area contributed by atoms with Crippen LogP contribution in [-0.2, 0) is 15.6 Å². The van der Waals surface area contributed by atoms with Gasteiger partial charge in [-0.05, 0) is 0 Å². The molecular weight excluding hydrogens is 743 g/mol. The Bertz CT molecular complexity index is 1970. The second kappa shape index (κ2) is 12.6. The molecule has 0 aliphatic heterocycles. The van der Waals surface area contributed by atoms with Gasteiger partial charge in [0.25, 0.3) is 0 Å². The van der Waals surface area contributed by atoms with Crippen LogP contribution in [0, 0.1) is 52.4 Å². The summed E-state index contributed by atoms with van der Waals surface area (Å²) >= 11 is -5.04. The summed E-state index contributed by atoms with van der Waals surface area (Å²) < 4.78 is 0.0572. The van der Waals surface area contributed by atoms with Crippen molar-refractivity contribution in [1.29, 1.82) is 0 Å². The van der Waals surface area contributed by atoms with Gasteiger partial charge in [-0.25, -0.2) is 0 Å². The summed E-state index contributed by atoms with van der Waals surface area (Å²) in [6, 6.07) is 23.3. The van der Waals surface area contributed by atoms with Gasteiger partial charge in [0.15, 0.2) is 0 Å². The molecule has 50 heavy (non-hydrogen) atoms. The van der Waals surface area contributed by atoms with Crippen molar-refractivity contribution in [3.63, 3.8) is 0 Å². The maximum atomic E-state index is 8.91. The van der Waals surface area contributed by atoms with E-state index in [-0.39, 0.29) is 18.1 Å². The molecule has 0 bridgehead atoms. The van der Waals surface area contributed by atoms with Crippen molar-refractivity contribution in [2.24, 2.45) is 10.8 Å². The quantitative estimate of drug-likeness (QED) is 0.176. The van der Waals surface area contributed by atoms with E-state index >= 15 is 0 Å². The summed E-state index contributed by atoms with van der Waals surface area (Å²) in [7, 11) is 17.8. The van der Waals surface area contributed by atoms with Gasteiger partial charge in [0, 0.05) is 0 Å². The molecule has 2 atom stereocenters. The first-order valence-corrected chi connectivity index (χ1v) is 34.8. The van der Waals surface area contributed by atoms with Crippen LogP contribution in [0.5, 0.6) is 0 Å². The first-order chi connectivity index (χ1) is 23.1. The number of hydrogen-bond donors (Lipinski definition) is 0. The van der Waals surface area contributed by atoms with Crippen molar-refractivity contribution in [3.05, 3.63) is 127 Å². The zero-order valence-corrected chi connectivity index (χ0v) is 38.0. The minimum absolute atomic E-state index is 0.0286. The van der Waals surface area contributed by atoms with Gasteiger partial charge in [-0.15, -0.1) is 0 Å². The molecule has 0 spiro atoms. The summed E-state index contributed by atoms with van der Waals surface area (Å²) in [6.45, 7) is 32.6. The van der Waals surface area contributed by atoms with E-state index in [1.807, 2.05) is 0 Å². The van der Waals surface area contributed by atoms with Crippen molar-refractivity contribution in [2.45, 2.75) is 103 Å². The van der Waals surface area contributed by atoms with Crippen molar-refractivity contribution < 1.29 is 15.6 Å². The number of hydrogen-bond acceptors (Lipinski definition) is 0. The van der Waals surface area contributed by atoms with E-state index in [0.717, 1.165) is 0 Å².